The summed E-state index contributed by atoms with van der Waals surface area (Å²) in [5, 5.41) is 0.729. The summed E-state index contributed by atoms with van der Waals surface area (Å²) in [6, 6.07) is 12.5. The molecule has 1 N–H and O–H groups in total. The number of methoxy groups -OCH3 is 1. The summed E-state index contributed by atoms with van der Waals surface area (Å²) in [5.41, 5.74) is 0.822. The van der Waals surface area contributed by atoms with Crippen LogP contribution >= 0.6 is 0 Å². The van der Waals surface area contributed by atoms with Crippen molar-refractivity contribution in [1.82, 2.24) is 9.29 Å². The molecule has 1 atom stereocenters. The van der Waals surface area contributed by atoms with E-state index in [0.717, 1.165) is 18.2 Å². The second kappa shape index (κ2) is 10.6. The molecule has 2 aromatic carbocycles. The van der Waals surface area contributed by atoms with E-state index in [1.165, 1.54) is 28.6 Å². The van der Waals surface area contributed by atoms with Gasteiger partial charge in [0.2, 0.25) is 10.0 Å². The number of sulfonamides is 1. The lowest BCUT2D eigenvalue weighted by atomic mass is 10.1. The van der Waals surface area contributed by atoms with Crippen LogP contribution < -0.4 is 10.3 Å². The number of aromatic amines is 1. The van der Waals surface area contributed by atoms with Crippen LogP contribution in [-0.2, 0) is 26.0 Å². The molecule has 9 nitrogen and oxygen atoms in total. The molecule has 1 aliphatic rings. The predicted molar refractivity (Wildman–Crippen MR) is 130 cm³/mol. The third-order valence-electron chi connectivity index (χ3n) is 5.91. The first kappa shape index (κ1) is 24.9. The third-order valence-corrected chi connectivity index (χ3v) is 7.74. The molecule has 3 aromatic rings. The average Bonchev–Trinajstić information content (AvgIpc) is 3.37. The van der Waals surface area contributed by atoms with Gasteiger partial charge < -0.3 is 19.2 Å². The summed E-state index contributed by atoms with van der Waals surface area (Å²) in [4.78, 5) is 27.6. The summed E-state index contributed by atoms with van der Waals surface area (Å²) in [6.45, 7) is 2.47. The molecule has 1 aromatic heterocycles. The molecule has 35 heavy (non-hydrogen) atoms. The number of carbonyl (C=O) groups is 1. The summed E-state index contributed by atoms with van der Waals surface area (Å²) >= 11 is 0. The minimum Gasteiger partial charge on any atom is -0.497 e. The smallest absolute Gasteiger partial charge is 0.338 e. The number of pyridine rings is 1. The van der Waals surface area contributed by atoms with Crippen molar-refractivity contribution in [2.24, 2.45) is 0 Å². The van der Waals surface area contributed by atoms with E-state index in [0.29, 0.717) is 23.4 Å². The minimum atomic E-state index is -4.00. The van der Waals surface area contributed by atoms with Gasteiger partial charge in [-0.3, -0.25) is 4.79 Å². The number of carbonyl (C=O) groups excluding carboxylic acids is 1. The number of ether oxygens (including phenoxy) is 3. The highest BCUT2D eigenvalue weighted by Gasteiger charge is 2.30. The highest BCUT2D eigenvalue weighted by Crippen LogP contribution is 2.24. The Kier molecular flexibility index (Phi) is 7.54. The average molecular weight is 501 g/mol. The fraction of sp³-hybridized carbons (Fsp3) is 0.360. The number of aromatic nitrogens is 1. The molecule has 1 saturated heterocycles. The lowest BCUT2D eigenvalue weighted by Crippen LogP contribution is -2.38. The van der Waals surface area contributed by atoms with Gasteiger partial charge in [-0.25, -0.2) is 13.2 Å². The molecule has 0 saturated carbocycles. The Morgan fingerprint density at radius 3 is 2.60 bits per heavy atom. The van der Waals surface area contributed by atoms with Gasteiger partial charge in [-0.1, -0.05) is 0 Å². The number of nitrogens with zero attached hydrogens (tertiary/aromatic N) is 1. The number of hydrogen-bond donors (Lipinski definition) is 1. The highest BCUT2D eigenvalue weighted by molar-refractivity contribution is 7.89. The zero-order valence-electron chi connectivity index (χ0n) is 19.7. The topological polar surface area (TPSA) is 115 Å². The van der Waals surface area contributed by atoms with Crippen LogP contribution in [0.25, 0.3) is 10.9 Å². The zero-order chi connectivity index (χ0) is 25.0. The van der Waals surface area contributed by atoms with Crippen molar-refractivity contribution in [2.75, 3.05) is 26.9 Å². The molecule has 1 unspecified atom stereocenters. The highest BCUT2D eigenvalue weighted by atomic mass is 32.2. The molecule has 186 valence electrons. The molecule has 0 amide bonds. The lowest BCUT2D eigenvalue weighted by Gasteiger charge is -2.25. The SMILES string of the molecule is CCOC(=O)c1ccc(S(=O)(=O)N(Cc2cc3cc(OC)ccc3[nH]c2=O)CC2CCCO2)cc1. The van der Waals surface area contributed by atoms with E-state index in [1.54, 1.807) is 38.3 Å². The van der Waals surface area contributed by atoms with Gasteiger partial charge in [0.05, 0.1) is 30.3 Å². The van der Waals surface area contributed by atoms with Gasteiger partial charge in [-0.2, -0.15) is 4.31 Å². The van der Waals surface area contributed by atoms with Gasteiger partial charge in [0.15, 0.2) is 0 Å². The maximum absolute atomic E-state index is 13.6. The molecular formula is C25H28N2O7S. The van der Waals surface area contributed by atoms with Gasteiger partial charge in [-0.05, 0) is 68.3 Å². The Morgan fingerprint density at radius 1 is 1.17 bits per heavy atom. The number of fused-ring (bicyclic) bond motifs is 1. The van der Waals surface area contributed by atoms with Crippen molar-refractivity contribution in [1.29, 1.82) is 0 Å². The maximum atomic E-state index is 13.6. The number of H-pyrrole nitrogens is 1. The molecule has 0 bridgehead atoms. The third kappa shape index (κ3) is 5.55. The van der Waals surface area contributed by atoms with E-state index in [-0.39, 0.29) is 41.8 Å². The van der Waals surface area contributed by atoms with Crippen LogP contribution in [0.3, 0.4) is 0 Å². The van der Waals surface area contributed by atoms with E-state index in [9.17, 15) is 18.0 Å². The maximum Gasteiger partial charge on any atom is 0.338 e. The van der Waals surface area contributed by atoms with E-state index >= 15 is 0 Å². The van der Waals surface area contributed by atoms with Crippen LogP contribution in [0.1, 0.15) is 35.7 Å². The van der Waals surface area contributed by atoms with Crippen LogP contribution in [0.5, 0.6) is 5.75 Å². The number of nitrogens with one attached hydrogen (secondary N) is 1. The number of benzene rings is 2. The molecule has 1 aliphatic heterocycles. The van der Waals surface area contributed by atoms with Crippen LogP contribution in [-0.4, -0.2) is 56.6 Å². The van der Waals surface area contributed by atoms with Gasteiger partial charge in [-0.15, -0.1) is 0 Å². The molecule has 2 heterocycles. The van der Waals surface area contributed by atoms with Gasteiger partial charge >= 0.3 is 5.97 Å². The first-order valence-electron chi connectivity index (χ1n) is 11.4. The van der Waals surface area contributed by atoms with Gasteiger partial charge in [0, 0.05) is 36.2 Å². The number of esters is 1. The first-order valence-corrected chi connectivity index (χ1v) is 12.8. The van der Waals surface area contributed by atoms with Gasteiger partial charge in [0.25, 0.3) is 5.56 Å². The minimum absolute atomic E-state index is 0.0161. The Balaban J connectivity index is 1.68. The number of hydrogen-bond acceptors (Lipinski definition) is 7. The Labute approximate surface area is 203 Å². The van der Waals surface area contributed by atoms with Crippen LogP contribution in [0.15, 0.2) is 58.2 Å². The molecule has 0 aliphatic carbocycles. The summed E-state index contributed by atoms with van der Waals surface area (Å²) in [6.07, 6.45) is 1.32. The first-order chi connectivity index (χ1) is 16.8. The summed E-state index contributed by atoms with van der Waals surface area (Å²) in [7, 11) is -2.45. The fourth-order valence-corrected chi connectivity index (χ4v) is 5.50. The molecule has 0 spiro atoms. The Bertz CT molecular complexity index is 1360. The molecular weight excluding hydrogens is 472 g/mol. The lowest BCUT2D eigenvalue weighted by molar-refractivity contribution is 0.0526. The quantitative estimate of drug-likeness (QED) is 0.449. The summed E-state index contributed by atoms with van der Waals surface area (Å²) in [5.74, 6) is 0.104. The zero-order valence-corrected chi connectivity index (χ0v) is 20.5. The van der Waals surface area contributed by atoms with Crippen LogP contribution in [0.2, 0.25) is 0 Å². The predicted octanol–water partition coefficient (Wildman–Crippen LogP) is 3.08. The van der Waals surface area contributed by atoms with Crippen molar-refractivity contribution < 1.29 is 27.4 Å². The van der Waals surface area contributed by atoms with Crippen molar-refractivity contribution in [3.8, 4) is 5.75 Å². The second-order valence-electron chi connectivity index (χ2n) is 8.25. The molecule has 1 fully saturated rings. The van der Waals surface area contributed by atoms with Gasteiger partial charge in [0.1, 0.15) is 5.75 Å². The second-order valence-corrected chi connectivity index (χ2v) is 10.2. The molecule has 0 radical (unpaired) electrons. The van der Waals surface area contributed by atoms with Crippen LogP contribution in [0, 0.1) is 0 Å². The molecule has 4 rings (SSSR count). The van der Waals surface area contributed by atoms with E-state index < -0.39 is 16.0 Å². The van der Waals surface area contributed by atoms with Crippen molar-refractivity contribution in [3.63, 3.8) is 0 Å². The van der Waals surface area contributed by atoms with Crippen molar-refractivity contribution in [3.05, 3.63) is 70.0 Å². The van der Waals surface area contributed by atoms with Crippen LogP contribution in [0.4, 0.5) is 0 Å². The molecule has 10 heteroatoms. The monoisotopic (exact) mass is 500 g/mol. The van der Waals surface area contributed by atoms with E-state index in [1.807, 2.05) is 0 Å². The Morgan fingerprint density at radius 2 is 1.94 bits per heavy atom. The normalized spacial score (nSPS) is 16.0. The van der Waals surface area contributed by atoms with Crippen molar-refractivity contribution in [2.45, 2.75) is 37.3 Å². The van der Waals surface area contributed by atoms with E-state index in [2.05, 4.69) is 4.98 Å². The van der Waals surface area contributed by atoms with E-state index in [4.69, 9.17) is 14.2 Å². The number of rotatable bonds is 9. The summed E-state index contributed by atoms with van der Waals surface area (Å²) < 4.78 is 44.4. The fourth-order valence-electron chi connectivity index (χ4n) is 4.05. The standard InChI is InChI=1S/C25H28N2O7S/c1-3-33-25(29)17-6-9-22(10-7-17)35(30,31)27(16-21-5-4-12-34-21)15-19-13-18-14-20(32-2)8-11-23(18)26-24(19)28/h6-11,13-14,21H,3-5,12,15-16H2,1-2H3,(H,26,28). The van der Waals surface area contributed by atoms with Crippen molar-refractivity contribution >= 4 is 26.9 Å². The largest absolute Gasteiger partial charge is 0.497 e. The Hall–Kier alpha value is -3.21.